The van der Waals surface area contributed by atoms with E-state index in [1.807, 2.05) is 0 Å². The van der Waals surface area contributed by atoms with Crippen LogP contribution in [0.4, 0.5) is 10.6 Å². The number of imide groups is 1. The van der Waals surface area contributed by atoms with Crippen molar-refractivity contribution in [3.8, 4) is 5.75 Å². The van der Waals surface area contributed by atoms with E-state index in [0.717, 1.165) is 37.0 Å². The van der Waals surface area contributed by atoms with Gasteiger partial charge in [-0.3, -0.25) is 14.5 Å². The van der Waals surface area contributed by atoms with Gasteiger partial charge >= 0.3 is 6.03 Å². The Bertz CT molecular complexity index is 831. The SMILES string of the molecule is CN1C(=O)N(CC(=O)Nc2ncccc2OCC2CCCCC2)C(=O)C12CCCCC2. The van der Waals surface area contributed by atoms with Crippen LogP contribution in [0.5, 0.6) is 5.75 Å². The Labute approximate surface area is 183 Å². The molecule has 0 unspecified atom stereocenters. The fourth-order valence-corrected chi connectivity index (χ4v) is 5.15. The molecule has 31 heavy (non-hydrogen) atoms. The number of urea groups is 1. The van der Waals surface area contributed by atoms with Gasteiger partial charge in [-0.2, -0.15) is 0 Å². The summed E-state index contributed by atoms with van der Waals surface area (Å²) in [7, 11) is 1.67. The normalized spacial score (nSPS) is 21.6. The Hall–Kier alpha value is -2.64. The quantitative estimate of drug-likeness (QED) is 0.700. The van der Waals surface area contributed by atoms with Crippen molar-refractivity contribution in [2.24, 2.45) is 5.92 Å². The van der Waals surface area contributed by atoms with Gasteiger partial charge in [-0.1, -0.05) is 38.5 Å². The maximum atomic E-state index is 13.1. The summed E-state index contributed by atoms with van der Waals surface area (Å²) < 4.78 is 5.96. The van der Waals surface area contributed by atoms with Crippen LogP contribution >= 0.6 is 0 Å². The van der Waals surface area contributed by atoms with Crippen molar-refractivity contribution in [1.29, 1.82) is 0 Å². The molecule has 8 nitrogen and oxygen atoms in total. The summed E-state index contributed by atoms with van der Waals surface area (Å²) in [6, 6.07) is 3.14. The Morgan fingerprint density at radius 3 is 2.61 bits per heavy atom. The molecule has 1 spiro atoms. The number of nitrogens with one attached hydrogen (secondary N) is 1. The van der Waals surface area contributed by atoms with Crippen LogP contribution in [0.25, 0.3) is 0 Å². The summed E-state index contributed by atoms with van der Waals surface area (Å²) in [4.78, 5) is 45.4. The number of ether oxygens (including phenoxy) is 1. The zero-order chi connectivity index (χ0) is 21.8. The number of amides is 4. The van der Waals surface area contributed by atoms with E-state index in [4.69, 9.17) is 4.74 Å². The van der Waals surface area contributed by atoms with E-state index in [2.05, 4.69) is 10.3 Å². The van der Waals surface area contributed by atoms with Gasteiger partial charge in [0.2, 0.25) is 5.91 Å². The molecule has 1 aromatic rings. The Morgan fingerprint density at radius 1 is 1.16 bits per heavy atom. The minimum Gasteiger partial charge on any atom is -0.489 e. The van der Waals surface area contributed by atoms with Crippen molar-refractivity contribution >= 4 is 23.7 Å². The molecule has 0 aromatic carbocycles. The number of likely N-dealkylation sites (N-methyl/N-ethyl adjacent to an activating group) is 1. The van der Waals surface area contributed by atoms with Crippen molar-refractivity contribution in [1.82, 2.24) is 14.8 Å². The van der Waals surface area contributed by atoms with Gasteiger partial charge in [0.15, 0.2) is 11.6 Å². The molecule has 3 fully saturated rings. The van der Waals surface area contributed by atoms with Crippen LogP contribution in [0.1, 0.15) is 64.2 Å². The maximum Gasteiger partial charge on any atom is 0.327 e. The van der Waals surface area contributed by atoms with E-state index in [-0.39, 0.29) is 12.5 Å². The fraction of sp³-hybridized carbons (Fsp3) is 0.652. The lowest BCUT2D eigenvalue weighted by Crippen LogP contribution is -2.49. The minimum atomic E-state index is -0.783. The predicted molar refractivity (Wildman–Crippen MR) is 116 cm³/mol. The number of rotatable bonds is 6. The molecule has 2 aliphatic carbocycles. The van der Waals surface area contributed by atoms with E-state index in [1.165, 1.54) is 24.2 Å². The molecule has 2 heterocycles. The van der Waals surface area contributed by atoms with Gasteiger partial charge < -0.3 is 15.0 Å². The topological polar surface area (TPSA) is 91.8 Å². The third kappa shape index (κ3) is 4.38. The Balaban J connectivity index is 1.39. The second kappa shape index (κ2) is 9.24. The standard InChI is InChI=1S/C23H32N4O4/c1-26-22(30)27(21(29)23(26)12-6-3-7-13-23)15-19(28)25-20-18(11-8-14-24-20)31-16-17-9-4-2-5-10-17/h8,11,14,17H,2-7,9-10,12-13,15-16H2,1H3,(H,24,25,28). The van der Waals surface area contributed by atoms with E-state index in [9.17, 15) is 14.4 Å². The number of hydrogen-bond acceptors (Lipinski definition) is 5. The molecule has 2 saturated carbocycles. The van der Waals surface area contributed by atoms with Gasteiger partial charge in [-0.25, -0.2) is 9.78 Å². The summed E-state index contributed by atoms with van der Waals surface area (Å²) in [5, 5.41) is 2.73. The van der Waals surface area contributed by atoms with E-state index in [1.54, 1.807) is 25.4 Å². The van der Waals surface area contributed by atoms with Crippen LogP contribution in [-0.2, 0) is 9.59 Å². The number of hydrogen-bond donors (Lipinski definition) is 1. The van der Waals surface area contributed by atoms with Gasteiger partial charge in [0.05, 0.1) is 6.61 Å². The van der Waals surface area contributed by atoms with Crippen LogP contribution < -0.4 is 10.1 Å². The first-order valence-electron chi connectivity index (χ1n) is 11.5. The average Bonchev–Trinajstić information content (AvgIpc) is 2.96. The molecule has 0 radical (unpaired) electrons. The number of aromatic nitrogens is 1. The number of carbonyl (C=O) groups excluding carboxylic acids is 3. The van der Waals surface area contributed by atoms with Gasteiger partial charge in [0, 0.05) is 13.2 Å². The van der Waals surface area contributed by atoms with Gasteiger partial charge in [0.1, 0.15) is 12.1 Å². The molecule has 1 aliphatic heterocycles. The highest BCUT2D eigenvalue weighted by atomic mass is 16.5. The highest BCUT2D eigenvalue weighted by Crippen LogP contribution is 2.39. The summed E-state index contributed by atoms with van der Waals surface area (Å²) in [5.41, 5.74) is -0.783. The molecule has 4 rings (SSSR count). The summed E-state index contributed by atoms with van der Waals surface area (Å²) in [5.74, 6) is 0.651. The zero-order valence-electron chi connectivity index (χ0n) is 18.3. The van der Waals surface area contributed by atoms with Gasteiger partial charge in [0.25, 0.3) is 5.91 Å². The van der Waals surface area contributed by atoms with Gasteiger partial charge in [-0.15, -0.1) is 0 Å². The lowest BCUT2D eigenvalue weighted by molar-refractivity contribution is -0.136. The number of carbonyl (C=O) groups is 3. The van der Waals surface area contributed by atoms with E-state index >= 15 is 0 Å². The number of anilines is 1. The van der Waals surface area contributed by atoms with Crippen LogP contribution in [0.3, 0.4) is 0 Å². The van der Waals surface area contributed by atoms with Crippen LogP contribution in [0.2, 0.25) is 0 Å². The maximum absolute atomic E-state index is 13.1. The molecular formula is C23H32N4O4. The zero-order valence-corrected chi connectivity index (χ0v) is 18.3. The van der Waals surface area contributed by atoms with Gasteiger partial charge in [-0.05, 0) is 43.7 Å². The summed E-state index contributed by atoms with van der Waals surface area (Å²) in [6.07, 6.45) is 11.9. The first kappa shape index (κ1) is 21.6. The molecule has 3 aliphatic rings. The van der Waals surface area contributed by atoms with Crippen molar-refractivity contribution in [3.63, 3.8) is 0 Å². The molecule has 1 N–H and O–H groups in total. The lowest BCUT2D eigenvalue weighted by atomic mass is 9.81. The third-order valence-electron chi connectivity index (χ3n) is 7.01. The van der Waals surface area contributed by atoms with E-state index < -0.39 is 17.5 Å². The van der Waals surface area contributed by atoms with Crippen molar-refractivity contribution in [2.45, 2.75) is 69.7 Å². The lowest BCUT2D eigenvalue weighted by Gasteiger charge is -2.35. The smallest absolute Gasteiger partial charge is 0.327 e. The number of nitrogens with zero attached hydrogens (tertiary/aromatic N) is 3. The molecule has 0 atom stereocenters. The molecule has 8 heteroatoms. The minimum absolute atomic E-state index is 0.260. The van der Waals surface area contributed by atoms with Crippen molar-refractivity contribution in [3.05, 3.63) is 18.3 Å². The molecular weight excluding hydrogens is 396 g/mol. The Kier molecular flexibility index (Phi) is 6.43. The Morgan fingerprint density at radius 2 is 1.87 bits per heavy atom. The fourth-order valence-electron chi connectivity index (χ4n) is 5.15. The largest absolute Gasteiger partial charge is 0.489 e. The molecule has 1 saturated heterocycles. The van der Waals surface area contributed by atoms with Crippen molar-refractivity contribution < 1.29 is 19.1 Å². The molecule has 0 bridgehead atoms. The average molecular weight is 429 g/mol. The summed E-state index contributed by atoms with van der Waals surface area (Å²) >= 11 is 0. The highest BCUT2D eigenvalue weighted by molar-refractivity contribution is 6.10. The molecule has 4 amide bonds. The highest BCUT2D eigenvalue weighted by Gasteiger charge is 2.55. The first-order valence-corrected chi connectivity index (χ1v) is 11.5. The van der Waals surface area contributed by atoms with Crippen molar-refractivity contribution in [2.75, 3.05) is 25.5 Å². The van der Waals surface area contributed by atoms with E-state index in [0.29, 0.717) is 36.9 Å². The number of pyridine rings is 1. The van der Waals surface area contributed by atoms with Crippen LogP contribution in [0, 0.1) is 5.92 Å². The molecule has 1 aromatic heterocycles. The second-order valence-electron chi connectivity index (χ2n) is 9.04. The van der Waals surface area contributed by atoms with Crippen LogP contribution in [0.15, 0.2) is 18.3 Å². The second-order valence-corrected chi connectivity index (χ2v) is 9.04. The third-order valence-corrected chi connectivity index (χ3v) is 7.01. The predicted octanol–water partition coefficient (Wildman–Crippen LogP) is 3.58. The monoisotopic (exact) mass is 428 g/mol. The summed E-state index contributed by atoms with van der Waals surface area (Å²) in [6.45, 7) is 0.285. The molecule has 168 valence electrons. The first-order chi connectivity index (χ1) is 15.0. The van der Waals surface area contributed by atoms with Crippen LogP contribution in [-0.4, -0.2) is 58.4 Å².